The Morgan fingerprint density at radius 1 is 0.927 bits per heavy atom. The summed E-state index contributed by atoms with van der Waals surface area (Å²) in [6.45, 7) is 1.32. The maximum atomic E-state index is 14.1. The number of halogens is 3. The quantitative estimate of drug-likeness (QED) is 0.254. The van der Waals surface area contributed by atoms with Crippen LogP contribution in [-0.4, -0.2) is 43.8 Å². The molecule has 4 rings (SSSR count). The number of carbonyl (C=O) groups excluding carboxylic acids is 2. The number of benzene rings is 3. The molecule has 0 bridgehead atoms. The van der Waals surface area contributed by atoms with Gasteiger partial charge in [-0.25, -0.2) is 8.42 Å². The van der Waals surface area contributed by atoms with Crippen LogP contribution in [0.15, 0.2) is 77.7 Å². The third-order valence-corrected chi connectivity index (χ3v) is 9.93. The Morgan fingerprint density at radius 2 is 1.59 bits per heavy atom. The largest absolute Gasteiger partial charge is 0.352 e. The molecule has 0 unspecified atom stereocenters. The molecular weight excluding hydrogens is 605 g/mol. The topological polar surface area (TPSA) is 86.8 Å². The molecule has 1 aliphatic rings. The normalized spacial score (nSPS) is 14.4. The zero-order chi connectivity index (χ0) is 29.6. The van der Waals surface area contributed by atoms with E-state index in [9.17, 15) is 18.0 Å². The van der Waals surface area contributed by atoms with Gasteiger partial charge in [-0.05, 0) is 73.4 Å². The van der Waals surface area contributed by atoms with Crippen LogP contribution < -0.4 is 9.62 Å². The fourth-order valence-electron chi connectivity index (χ4n) is 4.98. The number of nitrogens with one attached hydrogen (secondary N) is 1. The third kappa shape index (κ3) is 7.74. The molecule has 1 fully saturated rings. The first-order valence-corrected chi connectivity index (χ1v) is 16.0. The van der Waals surface area contributed by atoms with Crippen molar-refractivity contribution in [3.63, 3.8) is 0 Å². The van der Waals surface area contributed by atoms with Crippen LogP contribution in [-0.2, 0) is 26.2 Å². The van der Waals surface area contributed by atoms with Crippen molar-refractivity contribution in [2.75, 3.05) is 10.8 Å². The molecule has 0 heterocycles. The van der Waals surface area contributed by atoms with E-state index in [0.717, 1.165) is 30.0 Å². The van der Waals surface area contributed by atoms with Gasteiger partial charge in [0.25, 0.3) is 10.0 Å². The highest BCUT2D eigenvalue weighted by Gasteiger charge is 2.34. The number of anilines is 1. The van der Waals surface area contributed by atoms with Gasteiger partial charge >= 0.3 is 0 Å². The van der Waals surface area contributed by atoms with E-state index in [1.54, 1.807) is 60.7 Å². The molecule has 41 heavy (non-hydrogen) atoms. The van der Waals surface area contributed by atoms with Crippen molar-refractivity contribution in [1.82, 2.24) is 10.2 Å². The Balaban J connectivity index is 1.71. The zero-order valence-electron chi connectivity index (χ0n) is 22.6. The summed E-state index contributed by atoms with van der Waals surface area (Å²) in [7, 11) is -4.15. The smallest absolute Gasteiger partial charge is 0.264 e. The van der Waals surface area contributed by atoms with Crippen LogP contribution in [0.25, 0.3) is 0 Å². The highest BCUT2D eigenvalue weighted by atomic mass is 35.5. The van der Waals surface area contributed by atoms with Crippen LogP contribution in [0.3, 0.4) is 0 Å². The maximum Gasteiger partial charge on any atom is 0.264 e. The van der Waals surface area contributed by atoms with Crippen LogP contribution in [0.2, 0.25) is 15.1 Å². The minimum absolute atomic E-state index is 0.0322. The molecule has 11 heteroatoms. The van der Waals surface area contributed by atoms with Crippen molar-refractivity contribution in [2.24, 2.45) is 0 Å². The van der Waals surface area contributed by atoms with Crippen molar-refractivity contribution >= 4 is 62.3 Å². The number of sulfonamides is 1. The van der Waals surface area contributed by atoms with Gasteiger partial charge in [0.15, 0.2) is 0 Å². The lowest BCUT2D eigenvalue weighted by Gasteiger charge is -2.33. The van der Waals surface area contributed by atoms with Crippen LogP contribution in [0.1, 0.15) is 44.6 Å². The molecule has 3 aromatic carbocycles. The summed E-state index contributed by atoms with van der Waals surface area (Å²) in [5.41, 5.74) is 0.924. The Kier molecular flexibility index (Phi) is 10.6. The molecule has 1 atom stereocenters. The van der Waals surface area contributed by atoms with E-state index in [2.05, 4.69) is 5.32 Å². The summed E-state index contributed by atoms with van der Waals surface area (Å²) in [6.07, 6.45) is 4.20. The fraction of sp³-hybridized carbons (Fsp3) is 0.333. The average molecular weight is 637 g/mol. The standard InChI is InChI=1S/C30H32Cl3N3O4S/c1-2-28(30(38)34-23-8-6-7-9-23)35(19-21-12-17-26(32)27(33)18-21)29(37)20-36(24-15-13-22(31)14-16-24)41(39,40)25-10-4-3-5-11-25/h3-5,10-18,23,28H,2,6-9,19-20H2,1H3,(H,34,38)/t28-/m0/s1. The Morgan fingerprint density at radius 3 is 2.20 bits per heavy atom. The molecule has 3 aromatic rings. The van der Waals surface area contributed by atoms with Gasteiger partial charge in [0, 0.05) is 17.6 Å². The predicted molar refractivity (Wildman–Crippen MR) is 164 cm³/mol. The first-order valence-electron chi connectivity index (χ1n) is 13.5. The van der Waals surface area contributed by atoms with Crippen LogP contribution in [0, 0.1) is 0 Å². The van der Waals surface area contributed by atoms with E-state index in [1.165, 1.54) is 17.0 Å². The molecule has 0 spiro atoms. The summed E-state index contributed by atoms with van der Waals surface area (Å²) in [6, 6.07) is 18.3. The molecule has 218 valence electrons. The van der Waals surface area contributed by atoms with Gasteiger partial charge in [0.2, 0.25) is 11.8 Å². The average Bonchev–Trinajstić information content (AvgIpc) is 3.47. The first kappa shape index (κ1) is 31.2. The maximum absolute atomic E-state index is 14.1. The van der Waals surface area contributed by atoms with E-state index in [-0.39, 0.29) is 29.1 Å². The van der Waals surface area contributed by atoms with Gasteiger partial charge in [-0.3, -0.25) is 13.9 Å². The Labute approximate surface area is 256 Å². The van der Waals surface area contributed by atoms with Gasteiger partial charge < -0.3 is 10.2 Å². The molecule has 1 saturated carbocycles. The molecule has 1 N–H and O–H groups in total. The predicted octanol–water partition coefficient (Wildman–Crippen LogP) is 6.71. The summed E-state index contributed by atoms with van der Waals surface area (Å²) in [4.78, 5) is 29.1. The van der Waals surface area contributed by atoms with E-state index in [0.29, 0.717) is 27.1 Å². The van der Waals surface area contributed by atoms with E-state index >= 15 is 0 Å². The number of rotatable bonds is 11. The van der Waals surface area contributed by atoms with Crippen molar-refractivity contribution < 1.29 is 18.0 Å². The van der Waals surface area contributed by atoms with Crippen molar-refractivity contribution in [1.29, 1.82) is 0 Å². The van der Waals surface area contributed by atoms with E-state index < -0.39 is 28.5 Å². The lowest BCUT2D eigenvalue weighted by molar-refractivity contribution is -0.140. The van der Waals surface area contributed by atoms with Crippen molar-refractivity contribution in [3.05, 3.63) is 93.4 Å². The number of amides is 2. The number of nitrogens with zero attached hydrogens (tertiary/aromatic N) is 2. The lowest BCUT2D eigenvalue weighted by Crippen LogP contribution is -2.53. The summed E-state index contributed by atoms with van der Waals surface area (Å²) in [5, 5.41) is 4.19. The van der Waals surface area contributed by atoms with Gasteiger partial charge in [0.1, 0.15) is 12.6 Å². The third-order valence-electron chi connectivity index (χ3n) is 7.15. The van der Waals surface area contributed by atoms with Gasteiger partial charge in [0.05, 0.1) is 20.6 Å². The van der Waals surface area contributed by atoms with Crippen LogP contribution in [0.4, 0.5) is 5.69 Å². The van der Waals surface area contributed by atoms with E-state index in [1.807, 2.05) is 6.92 Å². The summed E-state index contributed by atoms with van der Waals surface area (Å²) in [5.74, 6) is -0.810. The monoisotopic (exact) mass is 635 g/mol. The van der Waals surface area contributed by atoms with Crippen molar-refractivity contribution in [3.8, 4) is 0 Å². The van der Waals surface area contributed by atoms with Gasteiger partial charge in [-0.1, -0.05) is 78.8 Å². The number of hydrogen-bond donors (Lipinski definition) is 1. The second kappa shape index (κ2) is 13.9. The highest BCUT2D eigenvalue weighted by Crippen LogP contribution is 2.28. The van der Waals surface area contributed by atoms with Crippen LogP contribution in [0.5, 0.6) is 0 Å². The molecule has 0 saturated heterocycles. The molecule has 0 aliphatic heterocycles. The van der Waals surface area contributed by atoms with Crippen molar-refractivity contribution in [2.45, 2.75) is 62.6 Å². The molecule has 0 aromatic heterocycles. The Hall–Kier alpha value is -2.78. The molecule has 7 nitrogen and oxygen atoms in total. The minimum atomic E-state index is -4.15. The minimum Gasteiger partial charge on any atom is -0.352 e. The highest BCUT2D eigenvalue weighted by molar-refractivity contribution is 7.92. The Bertz CT molecular complexity index is 1460. The summed E-state index contributed by atoms with van der Waals surface area (Å²) >= 11 is 18.4. The molecule has 1 aliphatic carbocycles. The SMILES string of the molecule is CC[C@@H](C(=O)NC1CCCC1)N(Cc1ccc(Cl)c(Cl)c1)C(=O)CN(c1ccc(Cl)cc1)S(=O)(=O)c1ccccc1. The second-order valence-electron chi connectivity index (χ2n) is 9.99. The molecule has 0 radical (unpaired) electrons. The number of carbonyl (C=O) groups is 2. The first-order chi connectivity index (χ1) is 19.6. The van der Waals surface area contributed by atoms with Gasteiger partial charge in [-0.2, -0.15) is 0 Å². The lowest BCUT2D eigenvalue weighted by atomic mass is 10.1. The van der Waals surface area contributed by atoms with E-state index in [4.69, 9.17) is 34.8 Å². The molecular formula is C30H32Cl3N3O4S. The molecule has 2 amide bonds. The summed E-state index contributed by atoms with van der Waals surface area (Å²) < 4.78 is 28.7. The fourth-order valence-corrected chi connectivity index (χ4v) is 6.86. The zero-order valence-corrected chi connectivity index (χ0v) is 25.7. The van der Waals surface area contributed by atoms with Crippen LogP contribution >= 0.6 is 34.8 Å². The van der Waals surface area contributed by atoms with Gasteiger partial charge in [-0.15, -0.1) is 0 Å². The number of hydrogen-bond acceptors (Lipinski definition) is 4. The second-order valence-corrected chi connectivity index (χ2v) is 13.1.